The van der Waals surface area contributed by atoms with Gasteiger partial charge in [-0.3, -0.25) is 4.79 Å². The van der Waals surface area contributed by atoms with Gasteiger partial charge in [0.25, 0.3) is 0 Å². The van der Waals surface area contributed by atoms with Crippen molar-refractivity contribution in [2.45, 2.75) is 45.6 Å². The monoisotopic (exact) mass is 314 g/mol. The first-order valence-electron chi connectivity index (χ1n) is 6.86. The average molecular weight is 314 g/mol. The number of carbonyl (C=O) groups is 2. The van der Waals surface area contributed by atoms with E-state index in [-0.39, 0.29) is 12.6 Å². The van der Waals surface area contributed by atoms with E-state index < -0.39 is 11.7 Å². The molecule has 0 unspecified atom stereocenters. The van der Waals surface area contributed by atoms with E-state index >= 15 is 0 Å². The molecule has 1 aromatic heterocycles. The number of thiazole rings is 1. The molecular weight excluding hydrogens is 292 g/mol. The minimum absolute atomic E-state index is 0.250. The zero-order valence-electron chi connectivity index (χ0n) is 12.7. The highest BCUT2D eigenvalue weighted by molar-refractivity contribution is 7.07. The van der Waals surface area contributed by atoms with Crippen molar-refractivity contribution < 1.29 is 19.1 Å². The van der Waals surface area contributed by atoms with E-state index in [2.05, 4.69) is 10.3 Å². The van der Waals surface area contributed by atoms with Gasteiger partial charge in [0, 0.05) is 18.3 Å². The van der Waals surface area contributed by atoms with Gasteiger partial charge in [-0.15, -0.1) is 11.3 Å². The van der Waals surface area contributed by atoms with Crippen LogP contribution in [0.3, 0.4) is 0 Å². The van der Waals surface area contributed by atoms with Crippen LogP contribution in [0.4, 0.5) is 4.79 Å². The van der Waals surface area contributed by atoms with Crippen LogP contribution >= 0.6 is 11.3 Å². The predicted molar refractivity (Wildman–Crippen MR) is 80.2 cm³/mol. The number of nitrogens with one attached hydrogen (secondary N) is 1. The Morgan fingerprint density at radius 2 is 2.14 bits per heavy atom. The molecule has 0 radical (unpaired) electrons. The summed E-state index contributed by atoms with van der Waals surface area (Å²) in [7, 11) is 0. The maximum absolute atomic E-state index is 11.5. The molecule has 0 aliphatic carbocycles. The number of aryl methyl sites for hydroxylation is 1. The molecule has 0 aromatic carbocycles. The molecule has 1 amide bonds. The smallest absolute Gasteiger partial charge is 0.407 e. The molecular formula is C14H22N2O4S. The Morgan fingerprint density at radius 1 is 1.38 bits per heavy atom. The number of rotatable bonds is 7. The average Bonchev–Trinajstić information content (AvgIpc) is 2.86. The molecule has 0 aliphatic heterocycles. The van der Waals surface area contributed by atoms with Crippen LogP contribution in [0, 0.1) is 0 Å². The van der Waals surface area contributed by atoms with Gasteiger partial charge in [0.2, 0.25) is 0 Å². The normalized spacial score (nSPS) is 11.0. The fourth-order valence-corrected chi connectivity index (χ4v) is 2.02. The highest BCUT2D eigenvalue weighted by Gasteiger charge is 2.15. The third-order valence-electron chi connectivity index (χ3n) is 2.32. The van der Waals surface area contributed by atoms with E-state index in [0.717, 1.165) is 5.69 Å². The summed E-state index contributed by atoms with van der Waals surface area (Å²) < 4.78 is 10.1. The number of carbonyl (C=O) groups excluding carboxylic acids is 2. The molecule has 0 aliphatic rings. The van der Waals surface area contributed by atoms with E-state index in [4.69, 9.17) is 9.47 Å². The number of amides is 1. The van der Waals surface area contributed by atoms with Crippen molar-refractivity contribution in [3.63, 3.8) is 0 Å². The lowest BCUT2D eigenvalue weighted by Crippen LogP contribution is -2.33. The first kappa shape index (κ1) is 17.4. The van der Waals surface area contributed by atoms with Crippen LogP contribution in [0.15, 0.2) is 10.9 Å². The van der Waals surface area contributed by atoms with Crippen molar-refractivity contribution in [1.82, 2.24) is 10.3 Å². The zero-order valence-corrected chi connectivity index (χ0v) is 13.5. The van der Waals surface area contributed by atoms with Crippen LogP contribution in [0.25, 0.3) is 0 Å². The largest absolute Gasteiger partial charge is 0.466 e. The molecule has 1 aromatic rings. The summed E-state index contributed by atoms with van der Waals surface area (Å²) in [5.41, 5.74) is 2.14. The zero-order chi connectivity index (χ0) is 15.7. The Morgan fingerprint density at radius 3 is 2.76 bits per heavy atom. The minimum Gasteiger partial charge on any atom is -0.466 e. The number of hydrogen-bond donors (Lipinski definition) is 1. The second-order valence-electron chi connectivity index (χ2n) is 5.48. The van der Waals surface area contributed by atoms with E-state index in [1.54, 1.807) is 26.3 Å². The highest BCUT2D eigenvalue weighted by Crippen LogP contribution is 2.06. The van der Waals surface area contributed by atoms with Crippen LogP contribution < -0.4 is 5.32 Å². The first-order valence-corrected chi connectivity index (χ1v) is 7.80. The molecule has 21 heavy (non-hydrogen) atoms. The van der Waals surface area contributed by atoms with Gasteiger partial charge in [0.15, 0.2) is 0 Å². The SMILES string of the molecule is CC(C)(C)OC(=O)NCCCOC(=O)CCc1cscn1. The maximum Gasteiger partial charge on any atom is 0.407 e. The third kappa shape index (κ3) is 9.01. The van der Waals surface area contributed by atoms with Crippen LogP contribution in [-0.4, -0.2) is 35.8 Å². The molecule has 0 atom stereocenters. The molecule has 6 nitrogen and oxygen atoms in total. The molecule has 1 heterocycles. The van der Waals surface area contributed by atoms with Gasteiger partial charge in [-0.05, 0) is 27.2 Å². The van der Waals surface area contributed by atoms with Crippen molar-refractivity contribution in [1.29, 1.82) is 0 Å². The lowest BCUT2D eigenvalue weighted by atomic mass is 10.2. The topological polar surface area (TPSA) is 77.5 Å². The molecule has 1 N–H and O–H groups in total. The van der Waals surface area contributed by atoms with Gasteiger partial charge in [-0.1, -0.05) is 0 Å². The second-order valence-corrected chi connectivity index (χ2v) is 6.20. The quantitative estimate of drug-likeness (QED) is 0.618. The Bertz CT molecular complexity index is 440. The van der Waals surface area contributed by atoms with E-state index in [0.29, 0.717) is 25.8 Å². The summed E-state index contributed by atoms with van der Waals surface area (Å²) in [5.74, 6) is -0.250. The fraction of sp³-hybridized carbons (Fsp3) is 0.643. The van der Waals surface area contributed by atoms with Crippen molar-refractivity contribution in [2.75, 3.05) is 13.2 Å². The van der Waals surface area contributed by atoms with Crippen molar-refractivity contribution in [3.8, 4) is 0 Å². The lowest BCUT2D eigenvalue weighted by molar-refractivity contribution is -0.143. The van der Waals surface area contributed by atoms with Crippen molar-refractivity contribution in [3.05, 3.63) is 16.6 Å². The number of esters is 1. The van der Waals surface area contributed by atoms with Crippen LogP contribution in [0.5, 0.6) is 0 Å². The summed E-state index contributed by atoms with van der Waals surface area (Å²) >= 11 is 1.51. The molecule has 7 heteroatoms. The van der Waals surface area contributed by atoms with Gasteiger partial charge in [0.1, 0.15) is 5.60 Å². The van der Waals surface area contributed by atoms with Gasteiger partial charge in [0.05, 0.1) is 24.2 Å². The molecule has 0 saturated carbocycles. The predicted octanol–water partition coefficient (Wildman–Crippen LogP) is 2.53. The van der Waals surface area contributed by atoms with Crippen LogP contribution in [0.1, 0.15) is 39.3 Å². The first-order chi connectivity index (χ1) is 9.87. The molecule has 0 spiro atoms. The van der Waals surface area contributed by atoms with Gasteiger partial charge in [-0.25, -0.2) is 9.78 Å². The number of alkyl carbamates (subject to hydrolysis) is 1. The Kier molecular flexibility index (Phi) is 7.14. The summed E-state index contributed by atoms with van der Waals surface area (Å²) in [6.07, 6.45) is 1.01. The van der Waals surface area contributed by atoms with E-state index in [1.807, 2.05) is 5.38 Å². The Balaban J connectivity index is 2.01. The Labute approximate surface area is 128 Å². The molecule has 0 saturated heterocycles. The summed E-state index contributed by atoms with van der Waals surface area (Å²) in [6.45, 7) is 6.10. The minimum atomic E-state index is -0.508. The highest BCUT2D eigenvalue weighted by atomic mass is 32.1. The third-order valence-corrected chi connectivity index (χ3v) is 2.96. The van der Waals surface area contributed by atoms with Crippen molar-refractivity contribution >= 4 is 23.4 Å². The molecule has 1 rings (SSSR count). The number of hydrogen-bond acceptors (Lipinski definition) is 6. The lowest BCUT2D eigenvalue weighted by Gasteiger charge is -2.19. The van der Waals surface area contributed by atoms with Crippen LogP contribution in [-0.2, 0) is 20.7 Å². The number of ether oxygens (including phenoxy) is 2. The Hall–Kier alpha value is -1.63. The number of nitrogens with zero attached hydrogens (tertiary/aromatic N) is 1. The van der Waals surface area contributed by atoms with Gasteiger partial charge >= 0.3 is 12.1 Å². The van der Waals surface area contributed by atoms with E-state index in [9.17, 15) is 9.59 Å². The fourth-order valence-electron chi connectivity index (χ4n) is 1.43. The standard InChI is InChI=1S/C14H22N2O4S/c1-14(2,3)20-13(18)15-7-4-8-19-12(17)6-5-11-9-21-10-16-11/h9-10H,4-8H2,1-3H3,(H,15,18). The van der Waals surface area contributed by atoms with Gasteiger partial charge < -0.3 is 14.8 Å². The van der Waals surface area contributed by atoms with Gasteiger partial charge in [-0.2, -0.15) is 0 Å². The summed E-state index contributed by atoms with van der Waals surface area (Å²) in [4.78, 5) is 26.9. The summed E-state index contributed by atoms with van der Waals surface area (Å²) in [6, 6.07) is 0. The molecule has 118 valence electrons. The second kappa shape index (κ2) is 8.61. The maximum atomic E-state index is 11.5. The molecule has 0 fully saturated rings. The summed E-state index contributed by atoms with van der Waals surface area (Å²) in [5, 5.41) is 4.52. The molecule has 0 bridgehead atoms. The van der Waals surface area contributed by atoms with Crippen LogP contribution in [0.2, 0.25) is 0 Å². The van der Waals surface area contributed by atoms with Crippen molar-refractivity contribution in [2.24, 2.45) is 0 Å². The van der Waals surface area contributed by atoms with E-state index in [1.165, 1.54) is 11.3 Å². The number of aromatic nitrogens is 1.